The quantitative estimate of drug-likeness (QED) is 0.848. The van der Waals surface area contributed by atoms with Gasteiger partial charge in [0.1, 0.15) is 0 Å². The molecule has 2 aromatic rings. The van der Waals surface area contributed by atoms with Crippen LogP contribution in [0.25, 0.3) is 0 Å². The fraction of sp³-hybridized carbons (Fsp3) is 0.333. The second kappa shape index (κ2) is 5.26. The minimum atomic E-state index is -0.157. The Labute approximate surface area is 113 Å². The number of amides is 1. The molecule has 4 nitrogen and oxygen atoms in total. The number of aryl methyl sites for hydroxylation is 3. The second-order valence-electron chi connectivity index (χ2n) is 4.67. The molecule has 0 radical (unpaired) electrons. The van der Waals surface area contributed by atoms with E-state index >= 15 is 0 Å². The Morgan fingerprint density at radius 2 is 2.00 bits per heavy atom. The van der Waals surface area contributed by atoms with Crippen molar-refractivity contribution in [2.24, 2.45) is 0 Å². The van der Waals surface area contributed by atoms with Crippen molar-refractivity contribution >= 4 is 11.6 Å². The summed E-state index contributed by atoms with van der Waals surface area (Å²) in [5.41, 5.74) is 3.87. The van der Waals surface area contributed by atoms with Crippen molar-refractivity contribution in [3.05, 3.63) is 46.8 Å². The molecule has 1 aromatic heterocycles. The molecule has 0 fully saturated rings. The Kier molecular flexibility index (Phi) is 3.69. The first-order chi connectivity index (χ1) is 9.02. The van der Waals surface area contributed by atoms with Crippen molar-refractivity contribution in [3.8, 4) is 0 Å². The topological polar surface area (TPSA) is 46.3 Å². The van der Waals surface area contributed by atoms with Crippen molar-refractivity contribution in [3.63, 3.8) is 0 Å². The molecule has 1 heterocycles. The summed E-state index contributed by atoms with van der Waals surface area (Å²) in [6, 6.07) is 7.70. The third-order valence-corrected chi connectivity index (χ3v) is 3.04. The first-order valence-corrected chi connectivity index (χ1v) is 6.35. The molecule has 19 heavy (non-hydrogen) atoms. The standard InChI is InChI=1S/C15H18N2O2/c1-5-17(13-7-6-10(2)8-11(13)3)15(18)14-9-12(4)16-19-14/h6-9H,5H2,1-4H3. The highest BCUT2D eigenvalue weighted by Crippen LogP contribution is 2.23. The van der Waals surface area contributed by atoms with Gasteiger partial charge < -0.3 is 9.42 Å². The van der Waals surface area contributed by atoms with Crippen LogP contribution in [0, 0.1) is 20.8 Å². The van der Waals surface area contributed by atoms with Crippen molar-refractivity contribution in [2.45, 2.75) is 27.7 Å². The van der Waals surface area contributed by atoms with Gasteiger partial charge in [-0.05, 0) is 39.3 Å². The van der Waals surface area contributed by atoms with E-state index in [1.54, 1.807) is 17.9 Å². The van der Waals surface area contributed by atoms with Crippen molar-refractivity contribution in [2.75, 3.05) is 11.4 Å². The summed E-state index contributed by atoms with van der Waals surface area (Å²) in [5.74, 6) is 0.120. The second-order valence-corrected chi connectivity index (χ2v) is 4.67. The molecule has 0 saturated carbocycles. The summed E-state index contributed by atoms with van der Waals surface area (Å²) in [6.45, 7) is 8.37. The Morgan fingerprint density at radius 3 is 2.53 bits per heavy atom. The molecular weight excluding hydrogens is 240 g/mol. The van der Waals surface area contributed by atoms with Crippen molar-refractivity contribution in [1.82, 2.24) is 5.16 Å². The average molecular weight is 258 g/mol. The van der Waals surface area contributed by atoms with Gasteiger partial charge in [0.05, 0.1) is 5.69 Å². The highest BCUT2D eigenvalue weighted by Gasteiger charge is 2.21. The first-order valence-electron chi connectivity index (χ1n) is 6.35. The average Bonchev–Trinajstić information content (AvgIpc) is 2.79. The number of rotatable bonds is 3. The predicted molar refractivity (Wildman–Crippen MR) is 74.5 cm³/mol. The number of benzene rings is 1. The molecule has 0 atom stereocenters. The van der Waals surface area contributed by atoms with Gasteiger partial charge in [-0.3, -0.25) is 4.79 Å². The maximum absolute atomic E-state index is 12.4. The summed E-state index contributed by atoms with van der Waals surface area (Å²) < 4.78 is 5.05. The third-order valence-electron chi connectivity index (χ3n) is 3.04. The van der Waals surface area contributed by atoms with Crippen LogP contribution in [0.1, 0.15) is 34.3 Å². The maximum atomic E-state index is 12.4. The number of anilines is 1. The van der Waals surface area contributed by atoms with Gasteiger partial charge in [0.15, 0.2) is 0 Å². The predicted octanol–water partition coefficient (Wildman–Crippen LogP) is 3.27. The van der Waals surface area contributed by atoms with Crippen molar-refractivity contribution in [1.29, 1.82) is 0 Å². The molecule has 0 unspecified atom stereocenters. The SMILES string of the molecule is CCN(C(=O)c1cc(C)no1)c1ccc(C)cc1C. The maximum Gasteiger partial charge on any atom is 0.296 e. The van der Waals surface area contributed by atoms with Gasteiger partial charge in [-0.15, -0.1) is 0 Å². The molecule has 0 aliphatic heterocycles. The summed E-state index contributed by atoms with van der Waals surface area (Å²) in [4.78, 5) is 14.1. The first kappa shape index (κ1) is 13.3. The van der Waals surface area contributed by atoms with Gasteiger partial charge >= 0.3 is 0 Å². The van der Waals surface area contributed by atoms with Crippen LogP contribution >= 0.6 is 0 Å². The largest absolute Gasteiger partial charge is 0.351 e. The normalized spacial score (nSPS) is 10.5. The third kappa shape index (κ3) is 2.67. The lowest BCUT2D eigenvalue weighted by atomic mass is 10.1. The van der Waals surface area contributed by atoms with E-state index in [1.165, 1.54) is 5.56 Å². The lowest BCUT2D eigenvalue weighted by Crippen LogP contribution is -2.31. The van der Waals surface area contributed by atoms with Crippen LogP contribution in [-0.2, 0) is 0 Å². The molecular formula is C15H18N2O2. The molecule has 100 valence electrons. The zero-order valence-corrected chi connectivity index (χ0v) is 11.7. The van der Waals surface area contributed by atoms with Crippen LogP contribution in [0.15, 0.2) is 28.8 Å². The van der Waals surface area contributed by atoms with E-state index < -0.39 is 0 Å². The van der Waals surface area contributed by atoms with Crippen LogP contribution < -0.4 is 4.90 Å². The van der Waals surface area contributed by atoms with Gasteiger partial charge in [-0.25, -0.2) is 0 Å². The van der Waals surface area contributed by atoms with Crippen LogP contribution in [0.3, 0.4) is 0 Å². The van der Waals surface area contributed by atoms with Crippen LogP contribution in [0.2, 0.25) is 0 Å². The van der Waals surface area contributed by atoms with E-state index in [9.17, 15) is 4.79 Å². The zero-order chi connectivity index (χ0) is 14.0. The molecule has 4 heteroatoms. The molecule has 0 saturated heterocycles. The van der Waals surface area contributed by atoms with Gasteiger partial charge in [-0.2, -0.15) is 0 Å². The minimum absolute atomic E-state index is 0.157. The molecule has 1 amide bonds. The molecule has 2 rings (SSSR count). The van der Waals surface area contributed by atoms with Gasteiger partial charge in [0.2, 0.25) is 5.76 Å². The van der Waals surface area contributed by atoms with Crippen LogP contribution in [-0.4, -0.2) is 17.6 Å². The zero-order valence-electron chi connectivity index (χ0n) is 11.7. The molecule has 0 bridgehead atoms. The summed E-state index contributed by atoms with van der Waals surface area (Å²) in [5, 5.41) is 3.76. The molecule has 0 aliphatic rings. The van der Waals surface area contributed by atoms with Gasteiger partial charge in [0.25, 0.3) is 5.91 Å². The highest BCUT2D eigenvalue weighted by molar-refractivity contribution is 6.04. The smallest absolute Gasteiger partial charge is 0.296 e. The van der Waals surface area contributed by atoms with Crippen LogP contribution in [0.4, 0.5) is 5.69 Å². The van der Waals surface area contributed by atoms with E-state index in [-0.39, 0.29) is 11.7 Å². The minimum Gasteiger partial charge on any atom is -0.351 e. The number of hydrogen-bond acceptors (Lipinski definition) is 3. The summed E-state index contributed by atoms with van der Waals surface area (Å²) >= 11 is 0. The number of carbonyl (C=O) groups excluding carboxylic acids is 1. The number of nitrogens with zero attached hydrogens (tertiary/aromatic N) is 2. The van der Waals surface area contributed by atoms with Gasteiger partial charge in [0, 0.05) is 18.3 Å². The van der Waals surface area contributed by atoms with Crippen molar-refractivity contribution < 1.29 is 9.32 Å². The molecule has 0 N–H and O–H groups in total. The molecule has 0 aliphatic carbocycles. The van der Waals surface area contributed by atoms with E-state index in [0.717, 1.165) is 11.3 Å². The summed E-state index contributed by atoms with van der Waals surface area (Å²) in [6.07, 6.45) is 0. The molecule has 1 aromatic carbocycles. The highest BCUT2D eigenvalue weighted by atomic mass is 16.5. The van der Waals surface area contributed by atoms with E-state index in [2.05, 4.69) is 11.2 Å². The number of carbonyl (C=O) groups is 1. The van der Waals surface area contributed by atoms with Crippen LogP contribution in [0.5, 0.6) is 0 Å². The van der Waals surface area contributed by atoms with E-state index in [0.29, 0.717) is 12.2 Å². The lowest BCUT2D eigenvalue weighted by Gasteiger charge is -2.21. The van der Waals surface area contributed by atoms with Gasteiger partial charge in [-0.1, -0.05) is 22.9 Å². The van der Waals surface area contributed by atoms with E-state index in [1.807, 2.05) is 32.9 Å². The summed E-state index contributed by atoms with van der Waals surface area (Å²) in [7, 11) is 0. The number of hydrogen-bond donors (Lipinski definition) is 0. The fourth-order valence-electron chi connectivity index (χ4n) is 2.13. The Balaban J connectivity index is 2.36. The Hall–Kier alpha value is -2.10. The molecule has 0 spiro atoms. The number of aromatic nitrogens is 1. The van der Waals surface area contributed by atoms with E-state index in [4.69, 9.17) is 4.52 Å². The monoisotopic (exact) mass is 258 g/mol. The lowest BCUT2D eigenvalue weighted by molar-refractivity contribution is 0.0952. The Bertz CT molecular complexity index is 602. The Morgan fingerprint density at radius 1 is 1.26 bits per heavy atom. The fourth-order valence-corrected chi connectivity index (χ4v) is 2.13.